The van der Waals surface area contributed by atoms with E-state index in [1.54, 1.807) is 7.11 Å². The van der Waals surface area contributed by atoms with Gasteiger partial charge in [0.1, 0.15) is 0 Å². The second-order valence-corrected chi connectivity index (χ2v) is 8.56. The summed E-state index contributed by atoms with van der Waals surface area (Å²) < 4.78 is 5.38. The van der Waals surface area contributed by atoms with Crippen LogP contribution in [-0.2, 0) is 16.1 Å². The first-order valence-electron chi connectivity index (χ1n) is 11.3. The van der Waals surface area contributed by atoms with E-state index in [1.807, 2.05) is 18.1 Å². The highest BCUT2D eigenvalue weighted by Crippen LogP contribution is 2.27. The number of hydrogen-bond acceptors (Lipinski definition) is 6. The van der Waals surface area contributed by atoms with Crippen molar-refractivity contribution < 1.29 is 9.53 Å². The third-order valence-electron chi connectivity index (χ3n) is 6.46. The summed E-state index contributed by atoms with van der Waals surface area (Å²) in [6.07, 6.45) is 3.31. The minimum Gasteiger partial charge on any atom is -0.468 e. The third-order valence-corrected chi connectivity index (χ3v) is 6.46. The van der Waals surface area contributed by atoms with Crippen molar-refractivity contribution in [2.75, 3.05) is 60.0 Å². The van der Waals surface area contributed by atoms with Crippen LogP contribution < -0.4 is 5.32 Å². The zero-order valence-electron chi connectivity index (χ0n) is 19.7. The van der Waals surface area contributed by atoms with Gasteiger partial charge in [0.2, 0.25) is 5.91 Å². The van der Waals surface area contributed by atoms with Gasteiger partial charge in [-0.25, -0.2) is 4.99 Å². The number of rotatable bonds is 6. The Morgan fingerprint density at radius 1 is 1.24 bits per heavy atom. The topological polar surface area (TPSA) is 89.1 Å². The van der Waals surface area contributed by atoms with Gasteiger partial charge in [0.25, 0.3) is 6.02 Å². The summed E-state index contributed by atoms with van der Waals surface area (Å²) in [7, 11) is 3.44. The Bertz CT molecular complexity index is 1070. The molecular formula is C24H33N7O2. The Morgan fingerprint density at radius 3 is 2.73 bits per heavy atom. The lowest BCUT2D eigenvalue weighted by atomic mass is 10.0. The standard InChI is InChI=1S/C24H33N7O2/c1-5-23(32)31-10-8-29(9-11-31)13-18-14-30(16-22(18)27-24(25-3)33-4)15-20-17(2)6-7-21-19(20)12-26-28-21/h5-7,12H,1,8-11,13-16H2,2-4H3,(H,25,27)(H,26,28). The number of benzene rings is 1. The monoisotopic (exact) mass is 451 g/mol. The second-order valence-electron chi connectivity index (χ2n) is 8.56. The van der Waals surface area contributed by atoms with Crippen molar-refractivity contribution in [1.82, 2.24) is 30.2 Å². The molecule has 33 heavy (non-hydrogen) atoms. The van der Waals surface area contributed by atoms with E-state index in [9.17, 15) is 4.79 Å². The molecule has 176 valence electrons. The van der Waals surface area contributed by atoms with Crippen molar-refractivity contribution >= 4 is 22.8 Å². The Labute approximate surface area is 194 Å². The molecule has 1 fully saturated rings. The first kappa shape index (κ1) is 23.0. The molecule has 2 N–H and O–H groups in total. The zero-order valence-corrected chi connectivity index (χ0v) is 19.7. The van der Waals surface area contributed by atoms with Crippen LogP contribution in [0.5, 0.6) is 0 Å². The third kappa shape index (κ3) is 5.09. The molecule has 1 saturated heterocycles. The summed E-state index contributed by atoms with van der Waals surface area (Å²) in [5.41, 5.74) is 5.95. The number of aryl methyl sites for hydroxylation is 1. The molecule has 0 saturated carbocycles. The van der Waals surface area contributed by atoms with Crippen LogP contribution in [0.2, 0.25) is 0 Å². The minimum atomic E-state index is 0.00810. The lowest BCUT2D eigenvalue weighted by Gasteiger charge is -2.34. The lowest BCUT2D eigenvalue weighted by Crippen LogP contribution is -2.48. The molecule has 3 heterocycles. The summed E-state index contributed by atoms with van der Waals surface area (Å²) in [6, 6.07) is 4.74. The summed E-state index contributed by atoms with van der Waals surface area (Å²) in [5, 5.41) is 11.5. The smallest absolute Gasteiger partial charge is 0.289 e. The van der Waals surface area contributed by atoms with Crippen LogP contribution in [0, 0.1) is 6.92 Å². The lowest BCUT2D eigenvalue weighted by molar-refractivity contribution is -0.127. The number of aromatic nitrogens is 2. The van der Waals surface area contributed by atoms with Gasteiger partial charge in [0, 0.05) is 64.8 Å². The first-order valence-corrected chi connectivity index (χ1v) is 11.3. The quantitative estimate of drug-likeness (QED) is 0.393. The minimum absolute atomic E-state index is 0.00810. The summed E-state index contributed by atoms with van der Waals surface area (Å²) >= 11 is 0. The van der Waals surface area contributed by atoms with Gasteiger partial charge < -0.3 is 15.0 Å². The molecule has 0 bridgehead atoms. The van der Waals surface area contributed by atoms with Crippen molar-refractivity contribution in [1.29, 1.82) is 0 Å². The molecule has 9 nitrogen and oxygen atoms in total. The van der Waals surface area contributed by atoms with Gasteiger partial charge in [-0.05, 0) is 35.8 Å². The molecule has 1 aromatic carbocycles. The highest BCUT2D eigenvalue weighted by atomic mass is 16.5. The average Bonchev–Trinajstić information content (AvgIpc) is 3.46. The molecular weight excluding hydrogens is 418 g/mol. The maximum absolute atomic E-state index is 11.9. The van der Waals surface area contributed by atoms with Crippen LogP contribution in [0.1, 0.15) is 11.1 Å². The summed E-state index contributed by atoms with van der Waals surface area (Å²) in [6.45, 7) is 12.2. The SMILES string of the molecule is C=CC(=O)N1CCN(CC2=C(/N=C(\NC)OC)CN(Cc3c(C)ccc4[nH]ncc34)C2)CC1. The number of H-pyrrole nitrogens is 1. The molecule has 4 rings (SSSR count). The molecule has 2 aromatic rings. The molecule has 1 amide bonds. The number of nitrogens with one attached hydrogen (secondary N) is 2. The van der Waals surface area contributed by atoms with Crippen molar-refractivity contribution in [3.63, 3.8) is 0 Å². The van der Waals surface area contributed by atoms with E-state index >= 15 is 0 Å². The fourth-order valence-electron chi connectivity index (χ4n) is 4.58. The maximum atomic E-state index is 11.9. The van der Waals surface area contributed by atoms with Gasteiger partial charge in [0.15, 0.2) is 0 Å². The van der Waals surface area contributed by atoms with Gasteiger partial charge in [-0.1, -0.05) is 12.6 Å². The number of carbonyl (C=O) groups excluding carboxylic acids is 1. The number of nitrogens with zero attached hydrogens (tertiary/aromatic N) is 5. The van der Waals surface area contributed by atoms with E-state index in [0.29, 0.717) is 6.02 Å². The molecule has 0 radical (unpaired) electrons. The first-order chi connectivity index (χ1) is 16.0. The molecule has 0 aliphatic carbocycles. The average molecular weight is 452 g/mol. The largest absolute Gasteiger partial charge is 0.468 e. The van der Waals surface area contributed by atoms with Crippen LogP contribution >= 0.6 is 0 Å². The number of amides is 1. The number of carbonyl (C=O) groups is 1. The molecule has 1 aromatic heterocycles. The van der Waals surface area contributed by atoms with E-state index in [2.05, 4.69) is 50.9 Å². The highest BCUT2D eigenvalue weighted by molar-refractivity contribution is 5.87. The number of amidine groups is 1. The van der Waals surface area contributed by atoms with Gasteiger partial charge in [-0.3, -0.25) is 19.7 Å². The van der Waals surface area contributed by atoms with Crippen molar-refractivity contribution in [2.24, 2.45) is 4.99 Å². The van der Waals surface area contributed by atoms with E-state index in [4.69, 9.17) is 9.73 Å². The van der Waals surface area contributed by atoms with Crippen molar-refractivity contribution in [3.05, 3.63) is 53.4 Å². The number of ether oxygens (including phenoxy) is 1. The Kier molecular flexibility index (Phi) is 7.10. The number of methoxy groups -OCH3 is 1. The zero-order chi connectivity index (χ0) is 23.4. The predicted molar refractivity (Wildman–Crippen MR) is 130 cm³/mol. The number of fused-ring (bicyclic) bond motifs is 1. The maximum Gasteiger partial charge on any atom is 0.289 e. The van der Waals surface area contributed by atoms with E-state index < -0.39 is 0 Å². The van der Waals surface area contributed by atoms with Gasteiger partial charge in [0.05, 0.1) is 24.5 Å². The molecule has 0 spiro atoms. The van der Waals surface area contributed by atoms with Gasteiger partial charge >= 0.3 is 0 Å². The van der Waals surface area contributed by atoms with Crippen LogP contribution in [-0.4, -0.2) is 96.8 Å². The van der Waals surface area contributed by atoms with E-state index in [0.717, 1.165) is 63.6 Å². The molecule has 2 aliphatic rings. The Balaban J connectivity index is 1.50. The van der Waals surface area contributed by atoms with Crippen molar-refractivity contribution in [3.8, 4) is 0 Å². The van der Waals surface area contributed by atoms with Crippen LogP contribution in [0.3, 0.4) is 0 Å². The number of hydrogen-bond donors (Lipinski definition) is 2. The fraction of sp³-hybridized carbons (Fsp3) is 0.458. The normalized spacial score (nSPS) is 18.3. The summed E-state index contributed by atoms with van der Waals surface area (Å²) in [4.78, 5) is 23.4. The fourth-order valence-corrected chi connectivity index (χ4v) is 4.58. The summed E-state index contributed by atoms with van der Waals surface area (Å²) in [5.74, 6) is 0.00810. The molecule has 2 aliphatic heterocycles. The number of piperazine rings is 1. The van der Waals surface area contributed by atoms with Crippen molar-refractivity contribution in [2.45, 2.75) is 13.5 Å². The molecule has 0 atom stereocenters. The van der Waals surface area contributed by atoms with Gasteiger partial charge in [-0.15, -0.1) is 0 Å². The van der Waals surface area contributed by atoms with Gasteiger partial charge in [-0.2, -0.15) is 5.10 Å². The number of aromatic amines is 1. The Morgan fingerprint density at radius 2 is 2.03 bits per heavy atom. The predicted octanol–water partition coefficient (Wildman–Crippen LogP) is 1.49. The molecule has 9 heteroatoms. The Hall–Kier alpha value is -3.17. The highest BCUT2D eigenvalue weighted by Gasteiger charge is 2.27. The van der Waals surface area contributed by atoms with Crippen LogP contribution in [0.25, 0.3) is 10.9 Å². The molecule has 0 unspecified atom stereocenters. The second kappa shape index (κ2) is 10.2. The number of aliphatic imine (C=N–C) groups is 1. The van der Waals surface area contributed by atoms with Crippen LogP contribution in [0.4, 0.5) is 0 Å². The van der Waals surface area contributed by atoms with E-state index in [-0.39, 0.29) is 5.91 Å². The van der Waals surface area contributed by atoms with Crippen LogP contribution in [0.15, 0.2) is 47.2 Å². The van der Waals surface area contributed by atoms with E-state index in [1.165, 1.54) is 28.2 Å².